The molecule has 0 radical (unpaired) electrons. The number of rotatable bonds is 7. The smallest absolute Gasteiger partial charge is 0.329 e. The maximum atomic E-state index is 12.2. The van der Waals surface area contributed by atoms with E-state index in [4.69, 9.17) is 0 Å². The summed E-state index contributed by atoms with van der Waals surface area (Å²) < 4.78 is 0. The topological polar surface area (TPSA) is 129 Å². The van der Waals surface area contributed by atoms with Crippen molar-refractivity contribution < 1.29 is 19.2 Å². The summed E-state index contributed by atoms with van der Waals surface area (Å²) in [4.78, 5) is 47.1. The molecule has 0 aromatic heterocycles. The number of hydrazone groups is 1. The van der Waals surface area contributed by atoms with Gasteiger partial charge in [0.05, 0.1) is 17.8 Å². The Morgan fingerprint density at radius 2 is 1.40 bits per heavy atom. The lowest BCUT2D eigenvalue weighted by Crippen LogP contribution is -2.37. The molecule has 0 saturated carbocycles. The number of carbonyl (C=O) groups excluding carboxylic acids is 4. The number of nitrogens with one attached hydrogen (secondary N) is 4. The number of para-hydroxylation sites is 2. The lowest BCUT2D eigenvalue weighted by atomic mass is 10.2. The zero-order valence-electron chi connectivity index (χ0n) is 16.7. The Kier molecular flexibility index (Phi) is 8.25. The Morgan fingerprint density at radius 1 is 0.800 bits per heavy atom. The number of benzene rings is 2. The van der Waals surface area contributed by atoms with Crippen LogP contribution < -0.4 is 21.4 Å². The van der Waals surface area contributed by atoms with Gasteiger partial charge in [0.2, 0.25) is 11.8 Å². The fourth-order valence-corrected chi connectivity index (χ4v) is 2.41. The van der Waals surface area contributed by atoms with E-state index in [-0.39, 0.29) is 18.9 Å². The minimum atomic E-state index is -0.929. The molecule has 0 atom stereocenters. The highest BCUT2D eigenvalue weighted by Gasteiger charge is 2.13. The number of hydrogen-bond donors (Lipinski definition) is 4. The van der Waals surface area contributed by atoms with Crippen molar-refractivity contribution in [2.75, 3.05) is 10.6 Å². The highest BCUT2D eigenvalue weighted by Crippen LogP contribution is 2.21. The molecule has 0 bridgehead atoms. The molecule has 2 aromatic carbocycles. The van der Waals surface area contributed by atoms with Gasteiger partial charge in [-0.05, 0) is 24.6 Å². The van der Waals surface area contributed by atoms with E-state index in [1.807, 2.05) is 30.3 Å². The first kappa shape index (κ1) is 22.3. The van der Waals surface area contributed by atoms with Gasteiger partial charge in [0.1, 0.15) is 0 Å². The first-order valence-corrected chi connectivity index (χ1v) is 9.17. The van der Waals surface area contributed by atoms with E-state index in [2.05, 4.69) is 26.5 Å². The molecule has 156 valence electrons. The minimum Gasteiger partial charge on any atom is -0.344 e. The summed E-state index contributed by atoms with van der Waals surface area (Å²) in [6, 6.07) is 15.9. The van der Waals surface area contributed by atoms with Gasteiger partial charge in [-0.15, -0.1) is 0 Å². The SMILES string of the molecule is CC(=O)Nc1ccccc1NC(=O)C/C(C)=N\NC(=O)C(=O)NCc1ccccc1. The lowest BCUT2D eigenvalue weighted by Gasteiger charge is -2.11. The van der Waals surface area contributed by atoms with Crippen molar-refractivity contribution in [2.45, 2.75) is 26.8 Å². The van der Waals surface area contributed by atoms with E-state index in [0.717, 1.165) is 5.56 Å². The van der Waals surface area contributed by atoms with Crippen molar-refractivity contribution in [3.8, 4) is 0 Å². The maximum Gasteiger partial charge on any atom is 0.329 e. The second-order valence-corrected chi connectivity index (χ2v) is 6.41. The van der Waals surface area contributed by atoms with Crippen LogP contribution >= 0.6 is 0 Å². The molecule has 0 aliphatic carbocycles. The molecule has 0 spiro atoms. The largest absolute Gasteiger partial charge is 0.344 e. The first-order chi connectivity index (χ1) is 14.3. The Balaban J connectivity index is 1.83. The van der Waals surface area contributed by atoms with Crippen LogP contribution in [-0.2, 0) is 25.7 Å². The van der Waals surface area contributed by atoms with E-state index < -0.39 is 17.7 Å². The average Bonchev–Trinajstić information content (AvgIpc) is 2.72. The highest BCUT2D eigenvalue weighted by molar-refractivity contribution is 6.35. The second-order valence-electron chi connectivity index (χ2n) is 6.41. The summed E-state index contributed by atoms with van der Waals surface area (Å²) in [6.07, 6.45) is -0.111. The summed E-state index contributed by atoms with van der Waals surface area (Å²) in [5, 5.41) is 11.6. The number of carbonyl (C=O) groups is 4. The molecule has 9 heteroatoms. The van der Waals surface area contributed by atoms with Gasteiger partial charge in [0.25, 0.3) is 0 Å². The number of nitrogens with zero attached hydrogens (tertiary/aromatic N) is 1. The van der Waals surface area contributed by atoms with Crippen molar-refractivity contribution in [2.24, 2.45) is 5.10 Å². The molecule has 0 saturated heterocycles. The predicted molar refractivity (Wildman–Crippen MR) is 114 cm³/mol. The van der Waals surface area contributed by atoms with Crippen LogP contribution in [0.15, 0.2) is 59.7 Å². The summed E-state index contributed by atoms with van der Waals surface area (Å²) in [5.74, 6) is -2.41. The van der Waals surface area contributed by atoms with Crippen LogP contribution in [0.5, 0.6) is 0 Å². The molecule has 4 N–H and O–H groups in total. The van der Waals surface area contributed by atoms with Crippen LogP contribution in [0, 0.1) is 0 Å². The van der Waals surface area contributed by atoms with Gasteiger partial charge in [-0.2, -0.15) is 5.10 Å². The minimum absolute atomic E-state index is 0.111. The van der Waals surface area contributed by atoms with Crippen molar-refractivity contribution in [1.29, 1.82) is 0 Å². The van der Waals surface area contributed by atoms with Crippen LogP contribution in [-0.4, -0.2) is 29.3 Å². The van der Waals surface area contributed by atoms with E-state index in [9.17, 15) is 19.2 Å². The maximum absolute atomic E-state index is 12.2. The molecule has 0 aliphatic rings. The van der Waals surface area contributed by atoms with E-state index >= 15 is 0 Å². The normalized spacial score (nSPS) is 10.7. The van der Waals surface area contributed by atoms with Crippen molar-refractivity contribution in [1.82, 2.24) is 10.7 Å². The number of amides is 4. The molecular weight excluding hydrogens is 386 g/mol. The van der Waals surface area contributed by atoms with Gasteiger partial charge in [0, 0.05) is 19.2 Å². The van der Waals surface area contributed by atoms with Crippen LogP contribution in [0.2, 0.25) is 0 Å². The monoisotopic (exact) mass is 409 g/mol. The van der Waals surface area contributed by atoms with Gasteiger partial charge in [-0.25, -0.2) is 5.43 Å². The predicted octanol–water partition coefficient (Wildman–Crippen LogP) is 1.78. The van der Waals surface area contributed by atoms with Crippen molar-refractivity contribution in [3.05, 3.63) is 60.2 Å². The zero-order chi connectivity index (χ0) is 21.9. The van der Waals surface area contributed by atoms with E-state index in [0.29, 0.717) is 17.1 Å². The Hall–Kier alpha value is -4.01. The Morgan fingerprint density at radius 3 is 2.03 bits per heavy atom. The number of anilines is 2. The molecule has 9 nitrogen and oxygen atoms in total. The Bertz CT molecular complexity index is 957. The van der Waals surface area contributed by atoms with Crippen molar-refractivity contribution in [3.63, 3.8) is 0 Å². The van der Waals surface area contributed by atoms with Crippen molar-refractivity contribution >= 4 is 40.7 Å². The molecule has 2 aromatic rings. The third-order valence-electron chi connectivity index (χ3n) is 3.78. The molecule has 2 rings (SSSR count). The third-order valence-corrected chi connectivity index (χ3v) is 3.78. The molecule has 0 fully saturated rings. The van der Waals surface area contributed by atoms with Crippen LogP contribution in [0.3, 0.4) is 0 Å². The first-order valence-electron chi connectivity index (χ1n) is 9.17. The fourth-order valence-electron chi connectivity index (χ4n) is 2.41. The molecule has 0 heterocycles. The fraction of sp³-hybridized carbons (Fsp3) is 0.190. The van der Waals surface area contributed by atoms with Gasteiger partial charge < -0.3 is 16.0 Å². The molecular formula is C21H23N5O4. The second kappa shape index (κ2) is 11.1. The summed E-state index contributed by atoms with van der Waals surface area (Å²) in [5.41, 5.74) is 4.19. The number of hydrogen-bond acceptors (Lipinski definition) is 5. The van der Waals surface area contributed by atoms with E-state index in [1.54, 1.807) is 31.2 Å². The van der Waals surface area contributed by atoms with Gasteiger partial charge in [-0.1, -0.05) is 42.5 Å². The molecule has 0 aliphatic heterocycles. The van der Waals surface area contributed by atoms with E-state index in [1.165, 1.54) is 6.92 Å². The quantitative estimate of drug-likeness (QED) is 0.316. The lowest BCUT2D eigenvalue weighted by molar-refractivity contribution is -0.139. The highest BCUT2D eigenvalue weighted by atomic mass is 16.2. The summed E-state index contributed by atoms with van der Waals surface area (Å²) in [6.45, 7) is 3.13. The molecule has 0 unspecified atom stereocenters. The zero-order valence-corrected chi connectivity index (χ0v) is 16.7. The van der Waals surface area contributed by atoms with Gasteiger partial charge in [0.15, 0.2) is 0 Å². The average molecular weight is 409 g/mol. The third kappa shape index (κ3) is 7.55. The van der Waals surface area contributed by atoms with Crippen LogP contribution in [0.4, 0.5) is 11.4 Å². The Labute approximate surface area is 173 Å². The summed E-state index contributed by atoms with van der Waals surface area (Å²) >= 11 is 0. The van der Waals surface area contributed by atoms with Crippen LogP contribution in [0.25, 0.3) is 0 Å². The van der Waals surface area contributed by atoms with Crippen LogP contribution in [0.1, 0.15) is 25.8 Å². The molecule has 30 heavy (non-hydrogen) atoms. The summed E-state index contributed by atoms with van der Waals surface area (Å²) in [7, 11) is 0. The standard InChI is InChI=1S/C21H23N5O4/c1-14(12-19(28)24-18-11-7-6-10-17(18)23-15(2)27)25-26-21(30)20(29)22-13-16-8-4-3-5-9-16/h3-11H,12-13H2,1-2H3,(H,22,29)(H,23,27)(H,24,28)(H,26,30)/b25-14-. The van der Waals surface area contributed by atoms with Gasteiger partial charge >= 0.3 is 11.8 Å². The van der Waals surface area contributed by atoms with Gasteiger partial charge in [-0.3, -0.25) is 19.2 Å². The molecule has 4 amide bonds.